The van der Waals surface area contributed by atoms with Gasteiger partial charge in [0, 0.05) is 26.7 Å². The number of benzene rings is 1. The van der Waals surface area contributed by atoms with Gasteiger partial charge in [0.2, 0.25) is 0 Å². The minimum Gasteiger partial charge on any atom is -0.493 e. The van der Waals surface area contributed by atoms with Crippen LogP contribution in [0.2, 0.25) is 0 Å². The van der Waals surface area contributed by atoms with E-state index in [2.05, 4.69) is 20.9 Å². The van der Waals surface area contributed by atoms with E-state index in [9.17, 15) is 4.79 Å². The zero-order valence-electron chi connectivity index (χ0n) is 15.9. The fourth-order valence-corrected chi connectivity index (χ4v) is 2.43. The van der Waals surface area contributed by atoms with Gasteiger partial charge in [-0.3, -0.25) is 9.79 Å². The molecule has 1 heterocycles. The van der Waals surface area contributed by atoms with Crippen LogP contribution in [0, 0.1) is 0 Å². The minimum absolute atomic E-state index is 0.238. The van der Waals surface area contributed by atoms with E-state index in [1.807, 2.05) is 18.2 Å². The molecule has 0 atom stereocenters. The molecule has 0 fully saturated rings. The van der Waals surface area contributed by atoms with Gasteiger partial charge in [0.1, 0.15) is 0 Å². The molecule has 0 saturated carbocycles. The van der Waals surface area contributed by atoms with E-state index < -0.39 is 0 Å². The van der Waals surface area contributed by atoms with Gasteiger partial charge in [0.15, 0.2) is 23.2 Å². The van der Waals surface area contributed by atoms with Crippen LogP contribution in [0.3, 0.4) is 0 Å². The molecule has 0 aliphatic heterocycles. The third-order valence-corrected chi connectivity index (χ3v) is 3.83. The summed E-state index contributed by atoms with van der Waals surface area (Å²) >= 11 is 0. The number of guanidine groups is 1. The second-order valence-electron chi connectivity index (χ2n) is 5.60. The highest BCUT2D eigenvalue weighted by molar-refractivity contribution is 5.91. The lowest BCUT2D eigenvalue weighted by Gasteiger charge is -2.13. The molecule has 3 N–H and O–H groups in total. The molecule has 0 saturated heterocycles. The van der Waals surface area contributed by atoms with Crippen LogP contribution in [-0.4, -0.2) is 52.8 Å². The van der Waals surface area contributed by atoms with Crippen molar-refractivity contribution in [2.75, 3.05) is 40.9 Å². The minimum atomic E-state index is -0.238. The summed E-state index contributed by atoms with van der Waals surface area (Å²) in [6.45, 7) is 1.70. The molecular formula is C19H26N4O4. The summed E-state index contributed by atoms with van der Waals surface area (Å²) < 4.78 is 15.6. The smallest absolute Gasteiger partial charge is 0.287 e. The number of methoxy groups -OCH3 is 2. The average molecular weight is 374 g/mol. The summed E-state index contributed by atoms with van der Waals surface area (Å²) in [6, 6.07) is 9.15. The number of aliphatic imine (C=N–C) groups is 1. The molecule has 1 amide bonds. The van der Waals surface area contributed by atoms with Crippen molar-refractivity contribution in [1.82, 2.24) is 16.0 Å². The second-order valence-corrected chi connectivity index (χ2v) is 5.60. The monoisotopic (exact) mass is 374 g/mol. The SMILES string of the molecule is CN=C(NCCNC(=O)c1ccco1)NCCc1ccc(OC)c(OC)c1. The van der Waals surface area contributed by atoms with Gasteiger partial charge in [0.25, 0.3) is 5.91 Å². The molecule has 0 aliphatic carbocycles. The number of nitrogens with one attached hydrogen (secondary N) is 3. The van der Waals surface area contributed by atoms with E-state index in [1.54, 1.807) is 33.4 Å². The first kappa shape index (κ1) is 20.2. The first-order valence-electron chi connectivity index (χ1n) is 8.65. The summed E-state index contributed by atoms with van der Waals surface area (Å²) in [5, 5.41) is 9.15. The van der Waals surface area contributed by atoms with Gasteiger partial charge in [-0.1, -0.05) is 6.07 Å². The normalized spacial score (nSPS) is 11.0. The van der Waals surface area contributed by atoms with Gasteiger partial charge >= 0.3 is 0 Å². The first-order chi connectivity index (χ1) is 13.2. The summed E-state index contributed by atoms with van der Waals surface area (Å²) in [4.78, 5) is 15.9. The van der Waals surface area contributed by atoms with Crippen molar-refractivity contribution >= 4 is 11.9 Å². The Morgan fingerprint density at radius 1 is 1.04 bits per heavy atom. The van der Waals surface area contributed by atoms with Crippen LogP contribution in [0.15, 0.2) is 46.0 Å². The molecule has 0 radical (unpaired) electrons. The standard InChI is InChI=1S/C19H26N4O4/c1-20-19(23-11-10-21-18(24)16-5-4-12-27-16)22-9-8-14-6-7-15(25-2)17(13-14)26-3/h4-7,12-13H,8-11H2,1-3H3,(H,21,24)(H2,20,22,23). The van der Waals surface area contributed by atoms with Gasteiger partial charge in [-0.2, -0.15) is 0 Å². The summed E-state index contributed by atoms with van der Waals surface area (Å²) in [5.74, 6) is 2.15. The molecule has 2 rings (SSSR count). The number of furan rings is 1. The fourth-order valence-electron chi connectivity index (χ4n) is 2.43. The molecule has 0 bridgehead atoms. The Hall–Kier alpha value is -3.16. The number of ether oxygens (including phenoxy) is 2. The lowest BCUT2D eigenvalue weighted by Crippen LogP contribution is -2.42. The van der Waals surface area contributed by atoms with E-state index in [0.29, 0.717) is 42.9 Å². The van der Waals surface area contributed by atoms with Crippen molar-refractivity contribution in [3.63, 3.8) is 0 Å². The van der Waals surface area contributed by atoms with E-state index in [1.165, 1.54) is 6.26 Å². The lowest BCUT2D eigenvalue weighted by atomic mass is 10.1. The summed E-state index contributed by atoms with van der Waals surface area (Å²) in [5.41, 5.74) is 1.13. The molecule has 1 aromatic heterocycles. The van der Waals surface area contributed by atoms with E-state index in [0.717, 1.165) is 12.0 Å². The molecule has 146 valence electrons. The van der Waals surface area contributed by atoms with Gasteiger partial charge in [-0.05, 0) is 36.2 Å². The van der Waals surface area contributed by atoms with Crippen molar-refractivity contribution in [3.8, 4) is 11.5 Å². The van der Waals surface area contributed by atoms with Crippen molar-refractivity contribution in [3.05, 3.63) is 47.9 Å². The van der Waals surface area contributed by atoms with Crippen LogP contribution in [0.5, 0.6) is 11.5 Å². The molecule has 0 aliphatic rings. The predicted octanol–water partition coefficient (Wildman–Crippen LogP) is 1.43. The van der Waals surface area contributed by atoms with Crippen molar-refractivity contribution in [2.24, 2.45) is 4.99 Å². The maximum absolute atomic E-state index is 11.7. The van der Waals surface area contributed by atoms with E-state index in [-0.39, 0.29) is 5.91 Å². The fraction of sp³-hybridized carbons (Fsp3) is 0.368. The zero-order valence-corrected chi connectivity index (χ0v) is 15.9. The maximum Gasteiger partial charge on any atom is 0.287 e. The molecule has 8 nitrogen and oxygen atoms in total. The van der Waals surface area contributed by atoms with Crippen LogP contribution in [0.4, 0.5) is 0 Å². The maximum atomic E-state index is 11.7. The Labute approximate surface area is 159 Å². The largest absolute Gasteiger partial charge is 0.493 e. The van der Waals surface area contributed by atoms with Crippen LogP contribution in [0.1, 0.15) is 16.1 Å². The highest BCUT2D eigenvalue weighted by Crippen LogP contribution is 2.27. The quantitative estimate of drug-likeness (QED) is 0.349. The molecule has 2 aromatic rings. The predicted molar refractivity (Wildman–Crippen MR) is 104 cm³/mol. The Balaban J connectivity index is 1.69. The number of amides is 1. The first-order valence-corrected chi connectivity index (χ1v) is 8.65. The number of hydrogen-bond acceptors (Lipinski definition) is 5. The van der Waals surface area contributed by atoms with Crippen LogP contribution in [0.25, 0.3) is 0 Å². The van der Waals surface area contributed by atoms with Gasteiger partial charge in [-0.15, -0.1) is 0 Å². The number of hydrogen-bond donors (Lipinski definition) is 3. The molecule has 1 aromatic carbocycles. The van der Waals surface area contributed by atoms with E-state index in [4.69, 9.17) is 13.9 Å². The van der Waals surface area contributed by atoms with Crippen LogP contribution in [-0.2, 0) is 6.42 Å². The Bertz CT molecular complexity index is 744. The molecular weight excluding hydrogens is 348 g/mol. The zero-order chi connectivity index (χ0) is 19.5. The Morgan fingerprint density at radius 2 is 1.78 bits per heavy atom. The summed E-state index contributed by atoms with van der Waals surface area (Å²) in [6.07, 6.45) is 2.27. The molecule has 8 heteroatoms. The van der Waals surface area contributed by atoms with Crippen LogP contribution >= 0.6 is 0 Å². The second kappa shape index (κ2) is 10.7. The molecule has 0 unspecified atom stereocenters. The number of carbonyl (C=O) groups is 1. The highest BCUT2D eigenvalue weighted by Gasteiger charge is 2.07. The number of nitrogens with zero attached hydrogens (tertiary/aromatic N) is 1. The van der Waals surface area contributed by atoms with Crippen molar-refractivity contribution in [1.29, 1.82) is 0 Å². The average Bonchev–Trinajstić information content (AvgIpc) is 3.24. The van der Waals surface area contributed by atoms with Gasteiger partial charge in [0.05, 0.1) is 20.5 Å². The van der Waals surface area contributed by atoms with Crippen molar-refractivity contribution in [2.45, 2.75) is 6.42 Å². The van der Waals surface area contributed by atoms with Gasteiger partial charge in [-0.25, -0.2) is 0 Å². The summed E-state index contributed by atoms with van der Waals surface area (Å²) in [7, 11) is 4.94. The van der Waals surface area contributed by atoms with Crippen LogP contribution < -0.4 is 25.4 Å². The Morgan fingerprint density at radius 3 is 2.44 bits per heavy atom. The van der Waals surface area contributed by atoms with Crippen molar-refractivity contribution < 1.29 is 18.7 Å². The Kier molecular flexibility index (Phi) is 8.02. The topological polar surface area (TPSA) is 97.1 Å². The molecule has 27 heavy (non-hydrogen) atoms. The lowest BCUT2D eigenvalue weighted by molar-refractivity contribution is 0.0926. The van der Waals surface area contributed by atoms with E-state index >= 15 is 0 Å². The number of carbonyl (C=O) groups excluding carboxylic acids is 1. The number of rotatable bonds is 9. The van der Waals surface area contributed by atoms with Gasteiger partial charge < -0.3 is 29.8 Å². The highest BCUT2D eigenvalue weighted by atomic mass is 16.5. The third kappa shape index (κ3) is 6.25. The molecule has 0 spiro atoms. The third-order valence-electron chi connectivity index (χ3n) is 3.83.